The van der Waals surface area contributed by atoms with Gasteiger partial charge in [-0.15, -0.1) is 0 Å². The molecule has 0 heterocycles. The molecule has 0 bridgehead atoms. The van der Waals surface area contributed by atoms with Gasteiger partial charge in [-0.05, 0) is 81.4 Å². The highest BCUT2D eigenvalue weighted by atomic mass is 16.6. The summed E-state index contributed by atoms with van der Waals surface area (Å²) in [4.78, 5) is 58.5. The molecule has 0 N–H and O–H groups in total. The van der Waals surface area contributed by atoms with E-state index in [4.69, 9.17) is 23.7 Å². The van der Waals surface area contributed by atoms with Crippen LogP contribution in [0.5, 0.6) is 11.5 Å². The van der Waals surface area contributed by atoms with Gasteiger partial charge in [0.1, 0.15) is 17.3 Å². The number of unbranched alkanes of at least 4 members (excludes halogenated alkanes) is 4. The van der Waals surface area contributed by atoms with Gasteiger partial charge in [0.15, 0.2) is 0 Å². The summed E-state index contributed by atoms with van der Waals surface area (Å²) in [6.45, 7) is 7.20. The number of ether oxygens (including phenoxy) is 5. The van der Waals surface area contributed by atoms with Crippen LogP contribution >= 0.6 is 0 Å². The quantitative estimate of drug-likeness (QED) is 0.0776. The van der Waals surface area contributed by atoms with Gasteiger partial charge in [0.05, 0.1) is 19.1 Å². The zero-order valence-corrected chi connectivity index (χ0v) is 23.0. The lowest BCUT2D eigenvalue weighted by molar-refractivity contribution is -0.140. The summed E-state index contributed by atoms with van der Waals surface area (Å²) < 4.78 is 25.8. The molecule has 0 saturated carbocycles. The van der Waals surface area contributed by atoms with E-state index in [9.17, 15) is 24.0 Å². The van der Waals surface area contributed by atoms with Gasteiger partial charge in [0.2, 0.25) is 0 Å². The lowest BCUT2D eigenvalue weighted by Crippen LogP contribution is -2.20. The maximum absolute atomic E-state index is 12.5. The smallest absolute Gasteiger partial charge is 0.330 e. The van der Waals surface area contributed by atoms with Gasteiger partial charge in [-0.2, -0.15) is 0 Å². The van der Waals surface area contributed by atoms with Crippen LogP contribution in [-0.4, -0.2) is 43.1 Å². The monoisotopic (exact) mass is 568 g/mol. The van der Waals surface area contributed by atoms with Crippen LogP contribution in [0.3, 0.4) is 0 Å². The Bertz CT molecular complexity index is 1130. The Morgan fingerprint density at radius 1 is 0.707 bits per heavy atom. The molecule has 0 amide bonds. The molecule has 41 heavy (non-hydrogen) atoms. The molecule has 220 valence electrons. The minimum absolute atomic E-state index is 0.222. The third kappa shape index (κ3) is 13.9. The van der Waals surface area contributed by atoms with Gasteiger partial charge in [-0.1, -0.05) is 19.2 Å². The van der Waals surface area contributed by atoms with Crippen molar-refractivity contribution in [3.05, 3.63) is 73.6 Å². The normalized spacial score (nSPS) is 13.8. The van der Waals surface area contributed by atoms with Crippen LogP contribution in [0.15, 0.2) is 73.6 Å². The molecule has 0 fully saturated rings. The van der Waals surface area contributed by atoms with Crippen molar-refractivity contribution in [3.8, 4) is 11.5 Å². The van der Waals surface area contributed by atoms with Crippen molar-refractivity contribution in [1.29, 1.82) is 0 Å². The van der Waals surface area contributed by atoms with Crippen LogP contribution in [0.4, 0.5) is 0 Å². The Balaban J connectivity index is 1.62. The first-order chi connectivity index (χ1) is 19.8. The van der Waals surface area contributed by atoms with Gasteiger partial charge in [-0.25, -0.2) is 9.59 Å². The van der Waals surface area contributed by atoms with Crippen LogP contribution in [0, 0.1) is 5.92 Å². The molecule has 0 spiro atoms. The predicted octanol–water partition coefficient (Wildman–Crippen LogP) is 5.08. The van der Waals surface area contributed by atoms with Gasteiger partial charge >= 0.3 is 29.8 Å². The minimum atomic E-state index is -0.534. The molecule has 2 rings (SSSR count). The lowest BCUT2D eigenvalue weighted by atomic mass is 10.0. The summed E-state index contributed by atoms with van der Waals surface area (Å²) in [6, 6.07) is 6.15. The number of hydrogen-bond acceptors (Lipinski definition) is 10. The average Bonchev–Trinajstić information content (AvgIpc) is 2.97. The van der Waals surface area contributed by atoms with E-state index < -0.39 is 23.8 Å². The van der Waals surface area contributed by atoms with Crippen molar-refractivity contribution < 1.29 is 47.7 Å². The van der Waals surface area contributed by atoms with Crippen molar-refractivity contribution in [1.82, 2.24) is 0 Å². The fourth-order valence-electron chi connectivity index (χ4n) is 3.54. The van der Waals surface area contributed by atoms with E-state index >= 15 is 0 Å². The maximum atomic E-state index is 12.5. The first-order valence-corrected chi connectivity index (χ1v) is 13.5. The summed E-state index contributed by atoms with van der Waals surface area (Å²) in [5, 5.41) is 0. The zero-order valence-electron chi connectivity index (χ0n) is 23.0. The third-order valence-electron chi connectivity index (χ3n) is 5.75. The molecular weight excluding hydrogens is 532 g/mol. The van der Waals surface area contributed by atoms with E-state index in [0.29, 0.717) is 62.2 Å². The molecule has 0 saturated heterocycles. The predicted molar refractivity (Wildman–Crippen MR) is 148 cm³/mol. The highest BCUT2D eigenvalue weighted by Gasteiger charge is 2.21. The summed E-state index contributed by atoms with van der Waals surface area (Å²) >= 11 is 0. The lowest BCUT2D eigenvalue weighted by Gasteiger charge is -2.15. The van der Waals surface area contributed by atoms with Crippen LogP contribution < -0.4 is 9.47 Å². The molecule has 10 heteroatoms. The third-order valence-corrected chi connectivity index (χ3v) is 5.75. The molecule has 1 aromatic carbocycles. The Kier molecular flexibility index (Phi) is 15.0. The molecule has 1 atom stereocenters. The molecular formula is C31H36O10. The van der Waals surface area contributed by atoms with Gasteiger partial charge in [0.25, 0.3) is 0 Å². The van der Waals surface area contributed by atoms with E-state index in [2.05, 4.69) is 13.2 Å². The largest absolute Gasteiger partial charge is 0.463 e. The summed E-state index contributed by atoms with van der Waals surface area (Å²) in [5.74, 6) is -1.69. The SMILES string of the molecule is C=CC(=O)OCCCCCC(=O)OC1=CCC(C(=O)Oc2ccc(OC(=O)CCCCCOC(=O)C=C)cc2)C=C1. The molecule has 0 aliphatic heterocycles. The van der Waals surface area contributed by atoms with E-state index in [0.717, 1.165) is 12.2 Å². The first kappa shape index (κ1) is 32.7. The molecule has 0 aromatic heterocycles. The van der Waals surface area contributed by atoms with Crippen LogP contribution in [0.25, 0.3) is 0 Å². The summed E-state index contributed by atoms with van der Waals surface area (Å²) in [6.07, 6.45) is 11.7. The number of hydrogen-bond donors (Lipinski definition) is 0. The Morgan fingerprint density at radius 2 is 1.22 bits per heavy atom. The van der Waals surface area contributed by atoms with Crippen molar-refractivity contribution in [2.24, 2.45) is 5.92 Å². The van der Waals surface area contributed by atoms with Gasteiger partial charge in [0, 0.05) is 25.0 Å². The van der Waals surface area contributed by atoms with Crippen molar-refractivity contribution in [2.75, 3.05) is 13.2 Å². The van der Waals surface area contributed by atoms with Crippen LogP contribution in [-0.2, 0) is 38.2 Å². The van der Waals surface area contributed by atoms with Crippen molar-refractivity contribution >= 4 is 29.8 Å². The second-order valence-electron chi connectivity index (χ2n) is 9.01. The van der Waals surface area contributed by atoms with Crippen molar-refractivity contribution in [3.63, 3.8) is 0 Å². The molecule has 1 aliphatic carbocycles. The Morgan fingerprint density at radius 3 is 1.71 bits per heavy atom. The zero-order chi connectivity index (χ0) is 29.9. The number of carbonyl (C=O) groups is 5. The molecule has 1 unspecified atom stereocenters. The second kappa shape index (κ2) is 18.8. The fraction of sp³-hybridized carbons (Fsp3) is 0.387. The number of carbonyl (C=O) groups excluding carboxylic acids is 5. The fourth-order valence-corrected chi connectivity index (χ4v) is 3.54. The molecule has 1 aliphatic rings. The topological polar surface area (TPSA) is 132 Å². The maximum Gasteiger partial charge on any atom is 0.330 e. The summed E-state index contributed by atoms with van der Waals surface area (Å²) in [5.41, 5.74) is 0. The number of allylic oxidation sites excluding steroid dienone is 2. The second-order valence-corrected chi connectivity index (χ2v) is 9.01. The van der Waals surface area contributed by atoms with E-state index in [1.807, 2.05) is 0 Å². The minimum Gasteiger partial charge on any atom is -0.463 e. The summed E-state index contributed by atoms with van der Waals surface area (Å²) in [7, 11) is 0. The van der Waals surface area contributed by atoms with Gasteiger partial charge in [-0.3, -0.25) is 14.4 Å². The highest BCUT2D eigenvalue weighted by molar-refractivity contribution is 5.81. The van der Waals surface area contributed by atoms with Gasteiger partial charge < -0.3 is 23.7 Å². The molecule has 1 aromatic rings. The Hall–Kier alpha value is -4.47. The van der Waals surface area contributed by atoms with Crippen LogP contribution in [0.2, 0.25) is 0 Å². The number of esters is 5. The molecule has 10 nitrogen and oxygen atoms in total. The van der Waals surface area contributed by atoms with Crippen LogP contribution in [0.1, 0.15) is 57.8 Å². The average molecular weight is 569 g/mol. The number of rotatable bonds is 18. The molecule has 0 radical (unpaired) electrons. The first-order valence-electron chi connectivity index (χ1n) is 13.5. The number of benzene rings is 1. The van der Waals surface area contributed by atoms with Crippen molar-refractivity contribution in [2.45, 2.75) is 57.8 Å². The van der Waals surface area contributed by atoms with E-state index in [-0.39, 0.29) is 38.0 Å². The van der Waals surface area contributed by atoms with E-state index in [1.54, 1.807) is 18.2 Å². The Labute approximate surface area is 239 Å². The van der Waals surface area contributed by atoms with E-state index in [1.165, 1.54) is 24.3 Å². The standard InChI is InChI=1S/C31H36O10/c1-3-27(32)37-21-9-5-7-11-29(34)39-24-15-13-23(14-16-24)31(36)41-26-19-17-25(18-20-26)40-30(35)12-8-6-10-22-38-28(33)4-2/h3-4,13,15-20,23H,1-2,5-12,14,21-22H2. The highest BCUT2D eigenvalue weighted by Crippen LogP contribution is 2.23.